The quantitative estimate of drug-likeness (QED) is 0.835. The van der Waals surface area contributed by atoms with E-state index in [2.05, 4.69) is 19.9 Å². The highest BCUT2D eigenvalue weighted by Gasteiger charge is 2.03. The summed E-state index contributed by atoms with van der Waals surface area (Å²) in [5.74, 6) is 0.885. The Balaban J connectivity index is 2.18. The number of thiazole rings is 1. The molecule has 0 unspecified atom stereocenters. The fraction of sp³-hybridized carbons (Fsp3) is 0.333. The fourth-order valence-corrected chi connectivity index (χ4v) is 2.11. The van der Waals surface area contributed by atoms with Crippen molar-refractivity contribution in [2.75, 3.05) is 12.4 Å². The SMILES string of the molecule is CNc1nccn1Cc1cnc(C)s1. The predicted octanol–water partition coefficient (Wildman–Crippen LogP) is 1.74. The summed E-state index contributed by atoms with van der Waals surface area (Å²) in [6.07, 6.45) is 5.67. The lowest BCUT2D eigenvalue weighted by Crippen LogP contribution is -2.02. The lowest BCUT2D eigenvalue weighted by molar-refractivity contribution is 0.816. The molecule has 0 aliphatic carbocycles. The first kappa shape index (κ1) is 9.21. The zero-order chi connectivity index (χ0) is 9.97. The molecule has 14 heavy (non-hydrogen) atoms. The van der Waals surface area contributed by atoms with E-state index in [0.29, 0.717) is 0 Å². The molecule has 0 aliphatic heterocycles. The average molecular weight is 208 g/mol. The Kier molecular flexibility index (Phi) is 2.49. The molecule has 2 heterocycles. The van der Waals surface area contributed by atoms with Gasteiger partial charge in [0.05, 0.1) is 11.6 Å². The summed E-state index contributed by atoms with van der Waals surface area (Å²) in [6.45, 7) is 2.85. The minimum Gasteiger partial charge on any atom is -0.359 e. The van der Waals surface area contributed by atoms with Gasteiger partial charge in [-0.1, -0.05) is 0 Å². The highest BCUT2D eigenvalue weighted by atomic mass is 32.1. The van der Waals surface area contributed by atoms with Crippen molar-refractivity contribution in [1.29, 1.82) is 0 Å². The molecule has 4 nitrogen and oxygen atoms in total. The lowest BCUT2D eigenvalue weighted by atomic mass is 10.5. The molecule has 0 amide bonds. The maximum absolute atomic E-state index is 4.22. The van der Waals surface area contributed by atoms with E-state index in [0.717, 1.165) is 17.5 Å². The maximum Gasteiger partial charge on any atom is 0.202 e. The number of nitrogens with zero attached hydrogens (tertiary/aromatic N) is 3. The summed E-state index contributed by atoms with van der Waals surface area (Å²) in [5.41, 5.74) is 0. The van der Waals surface area contributed by atoms with Crippen molar-refractivity contribution in [3.8, 4) is 0 Å². The first-order valence-electron chi connectivity index (χ1n) is 4.40. The van der Waals surface area contributed by atoms with Crippen molar-refractivity contribution in [3.05, 3.63) is 28.5 Å². The fourth-order valence-electron chi connectivity index (χ4n) is 1.31. The third kappa shape index (κ3) is 1.77. The van der Waals surface area contributed by atoms with Gasteiger partial charge in [-0.15, -0.1) is 11.3 Å². The summed E-state index contributed by atoms with van der Waals surface area (Å²) >= 11 is 1.72. The molecule has 5 heteroatoms. The normalized spacial score (nSPS) is 10.4. The molecule has 0 aromatic carbocycles. The van der Waals surface area contributed by atoms with Crippen LogP contribution in [0.4, 0.5) is 5.95 Å². The Morgan fingerprint density at radius 1 is 1.50 bits per heavy atom. The number of anilines is 1. The third-order valence-corrected chi connectivity index (χ3v) is 2.83. The van der Waals surface area contributed by atoms with Gasteiger partial charge in [0.25, 0.3) is 0 Å². The van der Waals surface area contributed by atoms with E-state index >= 15 is 0 Å². The second-order valence-corrected chi connectivity index (χ2v) is 4.29. The smallest absolute Gasteiger partial charge is 0.202 e. The molecule has 2 rings (SSSR count). The van der Waals surface area contributed by atoms with E-state index in [9.17, 15) is 0 Å². The molecule has 1 N–H and O–H groups in total. The Morgan fingerprint density at radius 3 is 3.00 bits per heavy atom. The summed E-state index contributed by atoms with van der Waals surface area (Å²) in [6, 6.07) is 0. The van der Waals surface area contributed by atoms with Gasteiger partial charge in [0, 0.05) is 30.5 Å². The minimum absolute atomic E-state index is 0.835. The molecular weight excluding hydrogens is 196 g/mol. The number of nitrogens with one attached hydrogen (secondary N) is 1. The standard InChI is InChI=1S/C9H12N4S/c1-7-12-5-8(14-7)6-13-4-3-11-9(13)10-2/h3-5H,6H2,1-2H3,(H,10,11). The van der Waals surface area contributed by atoms with Crippen LogP contribution in [0.15, 0.2) is 18.6 Å². The van der Waals surface area contributed by atoms with Gasteiger partial charge >= 0.3 is 0 Å². The summed E-state index contributed by atoms with van der Waals surface area (Å²) in [4.78, 5) is 9.64. The lowest BCUT2D eigenvalue weighted by Gasteiger charge is -2.03. The van der Waals surface area contributed by atoms with Crippen LogP contribution in [0, 0.1) is 6.92 Å². The minimum atomic E-state index is 0.835. The highest BCUT2D eigenvalue weighted by molar-refractivity contribution is 7.11. The molecule has 0 bridgehead atoms. The number of imidazole rings is 1. The molecule has 0 atom stereocenters. The molecule has 74 valence electrons. The number of hydrogen-bond donors (Lipinski definition) is 1. The van der Waals surface area contributed by atoms with Crippen molar-refractivity contribution in [3.63, 3.8) is 0 Å². The summed E-state index contributed by atoms with van der Waals surface area (Å²) in [5, 5.41) is 4.14. The van der Waals surface area contributed by atoms with Gasteiger partial charge in [-0.05, 0) is 6.92 Å². The van der Waals surface area contributed by atoms with E-state index in [1.165, 1.54) is 4.88 Å². The van der Waals surface area contributed by atoms with Gasteiger partial charge < -0.3 is 9.88 Å². The van der Waals surface area contributed by atoms with Crippen LogP contribution in [0.5, 0.6) is 0 Å². The van der Waals surface area contributed by atoms with Gasteiger partial charge in [0.15, 0.2) is 0 Å². The van der Waals surface area contributed by atoms with Crippen LogP contribution in [-0.2, 0) is 6.54 Å². The van der Waals surface area contributed by atoms with Crippen LogP contribution in [0.2, 0.25) is 0 Å². The van der Waals surface area contributed by atoms with E-state index in [4.69, 9.17) is 0 Å². The number of rotatable bonds is 3. The third-order valence-electron chi connectivity index (χ3n) is 1.93. The van der Waals surface area contributed by atoms with E-state index in [1.807, 2.05) is 26.4 Å². The second-order valence-electron chi connectivity index (χ2n) is 2.97. The summed E-state index contributed by atoms with van der Waals surface area (Å²) in [7, 11) is 1.87. The van der Waals surface area contributed by atoms with Crippen molar-refractivity contribution in [2.24, 2.45) is 0 Å². The Hall–Kier alpha value is -1.36. The molecule has 0 saturated carbocycles. The highest BCUT2D eigenvalue weighted by Crippen LogP contribution is 2.15. The van der Waals surface area contributed by atoms with Gasteiger partial charge in [-0.2, -0.15) is 0 Å². The first-order valence-corrected chi connectivity index (χ1v) is 5.21. The van der Waals surface area contributed by atoms with Gasteiger partial charge in [0.2, 0.25) is 5.95 Å². The molecule has 2 aromatic heterocycles. The van der Waals surface area contributed by atoms with Crippen LogP contribution in [0.25, 0.3) is 0 Å². The molecule has 0 aliphatic rings. The Bertz CT molecular complexity index is 418. The Morgan fingerprint density at radius 2 is 2.36 bits per heavy atom. The van der Waals surface area contributed by atoms with E-state index < -0.39 is 0 Å². The molecule has 0 saturated heterocycles. The second kappa shape index (κ2) is 3.79. The van der Waals surface area contributed by atoms with Crippen LogP contribution < -0.4 is 5.32 Å². The molecule has 0 radical (unpaired) electrons. The van der Waals surface area contributed by atoms with Crippen molar-refractivity contribution < 1.29 is 0 Å². The Labute approximate surface area is 86.6 Å². The first-order chi connectivity index (χ1) is 6.79. The van der Waals surface area contributed by atoms with E-state index in [1.54, 1.807) is 17.5 Å². The average Bonchev–Trinajstić information content (AvgIpc) is 2.76. The van der Waals surface area contributed by atoms with Gasteiger partial charge in [0.1, 0.15) is 0 Å². The predicted molar refractivity (Wildman–Crippen MR) is 57.7 cm³/mol. The van der Waals surface area contributed by atoms with Crippen LogP contribution in [-0.4, -0.2) is 21.6 Å². The monoisotopic (exact) mass is 208 g/mol. The van der Waals surface area contributed by atoms with Crippen LogP contribution >= 0.6 is 11.3 Å². The van der Waals surface area contributed by atoms with Crippen LogP contribution in [0.3, 0.4) is 0 Å². The number of aryl methyl sites for hydroxylation is 1. The maximum atomic E-state index is 4.22. The van der Waals surface area contributed by atoms with Crippen molar-refractivity contribution in [1.82, 2.24) is 14.5 Å². The number of hydrogen-bond acceptors (Lipinski definition) is 4. The summed E-state index contributed by atoms with van der Waals surface area (Å²) < 4.78 is 2.06. The topological polar surface area (TPSA) is 42.7 Å². The van der Waals surface area contributed by atoms with Gasteiger partial charge in [-0.25, -0.2) is 9.97 Å². The van der Waals surface area contributed by atoms with Crippen LogP contribution in [0.1, 0.15) is 9.88 Å². The van der Waals surface area contributed by atoms with Crippen molar-refractivity contribution >= 4 is 17.3 Å². The zero-order valence-electron chi connectivity index (χ0n) is 8.19. The zero-order valence-corrected chi connectivity index (χ0v) is 9.01. The molecule has 0 spiro atoms. The van der Waals surface area contributed by atoms with Gasteiger partial charge in [-0.3, -0.25) is 0 Å². The molecule has 0 fully saturated rings. The van der Waals surface area contributed by atoms with E-state index in [-0.39, 0.29) is 0 Å². The number of aromatic nitrogens is 3. The molecular formula is C9H12N4S. The molecule has 2 aromatic rings. The van der Waals surface area contributed by atoms with Crippen molar-refractivity contribution in [2.45, 2.75) is 13.5 Å². The largest absolute Gasteiger partial charge is 0.359 e.